The Morgan fingerprint density at radius 3 is 2.74 bits per heavy atom. The first-order valence-corrected chi connectivity index (χ1v) is 7.30. The maximum atomic E-state index is 4.06. The molecule has 0 aliphatic carbocycles. The molecule has 3 nitrogen and oxygen atoms in total. The minimum absolute atomic E-state index is 0. The molecular weight excluding hydrogens is 278 g/mol. The molecule has 2 heterocycles. The lowest BCUT2D eigenvalue weighted by atomic mass is 10.0. The molecule has 2 aromatic rings. The molecule has 2 N–H and O–H groups in total. The lowest BCUT2D eigenvalue weighted by Crippen LogP contribution is -2.21. The first-order valence-electron chi connectivity index (χ1n) is 6.42. The van der Waals surface area contributed by atoms with E-state index < -0.39 is 0 Å². The number of H-pyrrole nitrogens is 1. The number of rotatable bonds is 6. The minimum Gasteiger partial charge on any atom is -0.305 e. The van der Waals surface area contributed by atoms with Crippen molar-refractivity contribution < 1.29 is 0 Å². The van der Waals surface area contributed by atoms with E-state index in [4.69, 9.17) is 0 Å². The Kier molecular flexibility index (Phi) is 6.55. The van der Waals surface area contributed by atoms with Crippen molar-refractivity contribution in [2.24, 2.45) is 5.92 Å². The number of hydrogen-bond donors (Lipinski definition) is 2. The van der Waals surface area contributed by atoms with Crippen LogP contribution in [-0.2, 0) is 6.54 Å². The van der Waals surface area contributed by atoms with Crippen molar-refractivity contribution in [3.05, 3.63) is 39.8 Å². The highest BCUT2D eigenvalue weighted by atomic mass is 35.5. The van der Waals surface area contributed by atoms with Crippen molar-refractivity contribution in [1.29, 1.82) is 0 Å². The molecule has 1 atom stereocenters. The molecule has 1 unspecified atom stereocenters. The van der Waals surface area contributed by atoms with Crippen molar-refractivity contribution >= 4 is 23.7 Å². The zero-order valence-electron chi connectivity index (χ0n) is 11.6. The van der Waals surface area contributed by atoms with E-state index in [1.807, 2.05) is 17.5 Å². The van der Waals surface area contributed by atoms with Crippen LogP contribution < -0.4 is 5.32 Å². The van der Waals surface area contributed by atoms with Gasteiger partial charge in [0, 0.05) is 28.7 Å². The molecule has 0 fully saturated rings. The number of hydrogen-bond acceptors (Lipinski definition) is 3. The number of aromatic nitrogens is 2. The van der Waals surface area contributed by atoms with E-state index >= 15 is 0 Å². The quantitative estimate of drug-likeness (QED) is 0.844. The molecule has 2 rings (SSSR count). The summed E-state index contributed by atoms with van der Waals surface area (Å²) in [4.78, 5) is 1.42. The van der Waals surface area contributed by atoms with Crippen LogP contribution in [0.5, 0.6) is 0 Å². The standard InChI is InChI=1S/C14H21N3S.ClH/c1-10(2)7-13(14-5-4-6-18-14)15-8-12-9-16-17-11(12)3;/h4-6,9-10,13,15H,7-8H2,1-3H3,(H,16,17);1H. The lowest BCUT2D eigenvalue weighted by molar-refractivity contribution is 0.433. The lowest BCUT2D eigenvalue weighted by Gasteiger charge is -2.19. The summed E-state index contributed by atoms with van der Waals surface area (Å²) < 4.78 is 0. The van der Waals surface area contributed by atoms with Crippen LogP contribution in [0.4, 0.5) is 0 Å². The first kappa shape index (κ1) is 16.2. The molecule has 5 heteroatoms. The van der Waals surface area contributed by atoms with Gasteiger partial charge in [0.05, 0.1) is 6.20 Å². The van der Waals surface area contributed by atoms with Gasteiger partial charge in [-0.3, -0.25) is 5.10 Å². The highest BCUT2D eigenvalue weighted by Crippen LogP contribution is 2.25. The van der Waals surface area contributed by atoms with Crippen LogP contribution in [-0.4, -0.2) is 10.2 Å². The molecule has 106 valence electrons. The molecule has 19 heavy (non-hydrogen) atoms. The number of thiophene rings is 1. The van der Waals surface area contributed by atoms with Crippen molar-refractivity contribution in [2.75, 3.05) is 0 Å². The van der Waals surface area contributed by atoms with Gasteiger partial charge in [0.1, 0.15) is 0 Å². The molecule has 0 saturated heterocycles. The summed E-state index contributed by atoms with van der Waals surface area (Å²) in [5.74, 6) is 0.690. The van der Waals surface area contributed by atoms with Gasteiger partial charge in [0.2, 0.25) is 0 Å². The molecule has 0 bridgehead atoms. The van der Waals surface area contributed by atoms with Crippen LogP contribution in [0.3, 0.4) is 0 Å². The van der Waals surface area contributed by atoms with E-state index in [0.29, 0.717) is 12.0 Å². The molecule has 0 aliphatic rings. The molecule has 0 radical (unpaired) electrons. The summed E-state index contributed by atoms with van der Waals surface area (Å²) in [6.45, 7) is 7.47. The average Bonchev–Trinajstić information content (AvgIpc) is 2.95. The monoisotopic (exact) mass is 299 g/mol. The summed E-state index contributed by atoms with van der Waals surface area (Å²) in [5.41, 5.74) is 2.40. The Morgan fingerprint density at radius 2 is 2.21 bits per heavy atom. The molecule has 0 aliphatic heterocycles. The second kappa shape index (κ2) is 7.68. The molecule has 0 amide bonds. The van der Waals surface area contributed by atoms with Gasteiger partial charge in [-0.15, -0.1) is 23.7 Å². The Balaban J connectivity index is 0.00000180. The third kappa shape index (κ3) is 4.64. The zero-order valence-corrected chi connectivity index (χ0v) is 13.3. The second-order valence-corrected chi connectivity index (χ2v) is 6.08. The van der Waals surface area contributed by atoms with Gasteiger partial charge in [0.15, 0.2) is 0 Å². The Morgan fingerprint density at radius 1 is 1.42 bits per heavy atom. The van der Waals surface area contributed by atoms with Gasteiger partial charge in [0.25, 0.3) is 0 Å². The van der Waals surface area contributed by atoms with E-state index in [1.54, 1.807) is 0 Å². The first-order chi connectivity index (χ1) is 8.66. The molecule has 0 saturated carbocycles. The number of halogens is 1. The van der Waals surface area contributed by atoms with Gasteiger partial charge in [-0.25, -0.2) is 0 Å². The predicted octanol–water partition coefficient (Wildman–Crippen LogP) is 4.08. The topological polar surface area (TPSA) is 40.7 Å². The smallest absolute Gasteiger partial charge is 0.0535 e. The largest absolute Gasteiger partial charge is 0.305 e. The van der Waals surface area contributed by atoms with Gasteiger partial charge in [-0.1, -0.05) is 19.9 Å². The summed E-state index contributed by atoms with van der Waals surface area (Å²) in [6.07, 6.45) is 3.07. The summed E-state index contributed by atoms with van der Waals surface area (Å²) >= 11 is 1.83. The minimum atomic E-state index is 0. The molecule has 0 aromatic carbocycles. The van der Waals surface area contributed by atoms with E-state index in [0.717, 1.165) is 18.7 Å². The van der Waals surface area contributed by atoms with Crippen molar-refractivity contribution in [3.8, 4) is 0 Å². The fourth-order valence-electron chi connectivity index (χ4n) is 2.05. The van der Waals surface area contributed by atoms with Gasteiger partial charge < -0.3 is 5.32 Å². The van der Waals surface area contributed by atoms with Crippen LogP contribution in [0, 0.1) is 12.8 Å². The summed E-state index contributed by atoms with van der Waals surface area (Å²) in [7, 11) is 0. The zero-order chi connectivity index (χ0) is 13.0. The SMILES string of the molecule is Cc1[nH]ncc1CNC(CC(C)C)c1cccs1.Cl. The van der Waals surface area contributed by atoms with Gasteiger partial charge in [-0.2, -0.15) is 5.10 Å². The van der Waals surface area contributed by atoms with Crippen LogP contribution in [0.1, 0.15) is 42.4 Å². The van der Waals surface area contributed by atoms with Crippen LogP contribution in [0.15, 0.2) is 23.7 Å². The van der Waals surface area contributed by atoms with Crippen molar-refractivity contribution in [1.82, 2.24) is 15.5 Å². The fraction of sp³-hybridized carbons (Fsp3) is 0.500. The number of aryl methyl sites for hydroxylation is 1. The predicted molar refractivity (Wildman–Crippen MR) is 83.9 cm³/mol. The maximum absolute atomic E-state index is 4.06. The summed E-state index contributed by atoms with van der Waals surface area (Å²) in [5, 5.41) is 12.8. The number of nitrogens with zero attached hydrogens (tertiary/aromatic N) is 1. The Bertz CT molecular complexity index is 465. The average molecular weight is 300 g/mol. The Hall–Kier alpha value is -0.840. The number of nitrogens with one attached hydrogen (secondary N) is 2. The molecule has 2 aromatic heterocycles. The van der Waals surface area contributed by atoms with Gasteiger partial charge >= 0.3 is 0 Å². The van der Waals surface area contributed by atoms with Crippen molar-refractivity contribution in [2.45, 2.75) is 39.8 Å². The Labute approximate surface area is 125 Å². The van der Waals surface area contributed by atoms with Crippen molar-refractivity contribution in [3.63, 3.8) is 0 Å². The summed E-state index contributed by atoms with van der Waals surface area (Å²) in [6, 6.07) is 4.78. The normalized spacial score (nSPS) is 12.4. The third-order valence-corrected chi connectivity index (χ3v) is 4.05. The van der Waals surface area contributed by atoms with E-state index in [1.165, 1.54) is 10.4 Å². The van der Waals surface area contributed by atoms with Crippen LogP contribution in [0.2, 0.25) is 0 Å². The van der Waals surface area contributed by atoms with Crippen LogP contribution >= 0.6 is 23.7 Å². The third-order valence-electron chi connectivity index (χ3n) is 3.07. The van der Waals surface area contributed by atoms with Crippen LogP contribution in [0.25, 0.3) is 0 Å². The molecular formula is C14H22ClN3S. The maximum Gasteiger partial charge on any atom is 0.0535 e. The number of aromatic amines is 1. The fourth-order valence-corrected chi connectivity index (χ4v) is 2.86. The highest BCUT2D eigenvalue weighted by Gasteiger charge is 2.14. The van der Waals surface area contributed by atoms with E-state index in [-0.39, 0.29) is 12.4 Å². The van der Waals surface area contributed by atoms with E-state index in [9.17, 15) is 0 Å². The highest BCUT2D eigenvalue weighted by molar-refractivity contribution is 7.10. The van der Waals surface area contributed by atoms with E-state index in [2.05, 4.69) is 53.8 Å². The second-order valence-electron chi connectivity index (χ2n) is 5.10. The van der Waals surface area contributed by atoms with Gasteiger partial charge in [-0.05, 0) is 30.7 Å². The molecule has 0 spiro atoms.